The number of benzene rings is 1. The molecule has 3 nitrogen and oxygen atoms in total. The molecule has 1 aromatic carbocycles. The van der Waals surface area contributed by atoms with Crippen LogP contribution in [0.2, 0.25) is 5.02 Å². The van der Waals surface area contributed by atoms with Crippen LogP contribution in [0.25, 0.3) is 0 Å². The Kier molecular flexibility index (Phi) is 4.74. The normalized spacial score (nSPS) is 10.3. The highest BCUT2D eigenvalue weighted by molar-refractivity contribution is 6.30. The molecule has 0 unspecified atom stereocenters. The molecule has 0 aliphatic rings. The highest BCUT2D eigenvalue weighted by atomic mass is 35.5. The summed E-state index contributed by atoms with van der Waals surface area (Å²) < 4.78 is 0. The number of aryl methyl sites for hydroxylation is 2. The average molecular weight is 289 g/mol. The first kappa shape index (κ1) is 14.5. The van der Waals surface area contributed by atoms with Gasteiger partial charge < -0.3 is 5.32 Å². The van der Waals surface area contributed by atoms with Crippen molar-refractivity contribution in [2.75, 3.05) is 5.32 Å². The van der Waals surface area contributed by atoms with Crippen molar-refractivity contribution in [2.24, 2.45) is 0 Å². The number of nitrogens with one attached hydrogen (secondary N) is 1. The number of carbonyl (C=O) groups is 1. The number of para-hydroxylation sites is 1. The summed E-state index contributed by atoms with van der Waals surface area (Å²) in [6, 6.07) is 9.29. The third-order valence-electron chi connectivity index (χ3n) is 3.19. The minimum absolute atomic E-state index is 0.233. The highest BCUT2D eigenvalue weighted by Gasteiger charge is 2.12. The van der Waals surface area contributed by atoms with Crippen LogP contribution in [-0.4, -0.2) is 10.9 Å². The summed E-state index contributed by atoms with van der Waals surface area (Å²) in [4.78, 5) is 16.3. The van der Waals surface area contributed by atoms with Crippen LogP contribution in [0.5, 0.6) is 0 Å². The third kappa shape index (κ3) is 3.17. The number of hydrogen-bond acceptors (Lipinski definition) is 2. The van der Waals surface area contributed by atoms with Gasteiger partial charge in [0, 0.05) is 16.9 Å². The summed E-state index contributed by atoms with van der Waals surface area (Å²) in [6.07, 6.45) is 3.27. The standard InChI is InChI=1S/C16H17ClN2O/c1-3-11-6-5-7-12(4-2)15(11)19-16(20)14-10-13(17)8-9-18-14/h5-10H,3-4H2,1-2H3,(H,19,20). The SMILES string of the molecule is CCc1cccc(CC)c1NC(=O)c1cc(Cl)ccn1. The number of halogens is 1. The maximum atomic E-state index is 12.3. The molecule has 1 aromatic heterocycles. The second-order valence-electron chi connectivity index (χ2n) is 4.47. The molecule has 1 N–H and O–H groups in total. The van der Waals surface area contributed by atoms with Crippen molar-refractivity contribution in [1.29, 1.82) is 0 Å². The van der Waals surface area contributed by atoms with Crippen LogP contribution in [0.15, 0.2) is 36.5 Å². The van der Waals surface area contributed by atoms with Gasteiger partial charge in [-0.05, 0) is 36.1 Å². The lowest BCUT2D eigenvalue weighted by Gasteiger charge is -2.14. The minimum Gasteiger partial charge on any atom is -0.320 e. The van der Waals surface area contributed by atoms with Crippen LogP contribution in [-0.2, 0) is 12.8 Å². The Morgan fingerprint density at radius 2 is 1.85 bits per heavy atom. The van der Waals surface area contributed by atoms with E-state index in [2.05, 4.69) is 24.1 Å². The zero-order valence-corrected chi connectivity index (χ0v) is 12.4. The molecule has 0 aliphatic carbocycles. The maximum absolute atomic E-state index is 12.3. The van der Waals surface area contributed by atoms with Crippen molar-refractivity contribution in [3.05, 3.63) is 58.4 Å². The van der Waals surface area contributed by atoms with E-state index in [-0.39, 0.29) is 5.91 Å². The molecule has 0 spiro atoms. The van der Waals surface area contributed by atoms with Gasteiger partial charge in [0.25, 0.3) is 5.91 Å². The van der Waals surface area contributed by atoms with Crippen molar-refractivity contribution < 1.29 is 4.79 Å². The fourth-order valence-electron chi connectivity index (χ4n) is 2.11. The smallest absolute Gasteiger partial charge is 0.274 e. The van der Waals surface area contributed by atoms with Crippen molar-refractivity contribution >= 4 is 23.2 Å². The molecule has 4 heteroatoms. The molecule has 0 radical (unpaired) electrons. The van der Waals surface area contributed by atoms with Gasteiger partial charge in [0.2, 0.25) is 0 Å². The van der Waals surface area contributed by atoms with E-state index in [1.54, 1.807) is 12.1 Å². The van der Waals surface area contributed by atoms with E-state index >= 15 is 0 Å². The predicted octanol–water partition coefficient (Wildman–Crippen LogP) is 4.11. The summed E-state index contributed by atoms with van der Waals surface area (Å²) in [5.41, 5.74) is 3.47. The summed E-state index contributed by atoms with van der Waals surface area (Å²) in [5.74, 6) is -0.233. The van der Waals surface area contributed by atoms with Crippen LogP contribution in [0.4, 0.5) is 5.69 Å². The monoisotopic (exact) mass is 288 g/mol. The first-order valence-corrected chi connectivity index (χ1v) is 7.07. The van der Waals surface area contributed by atoms with E-state index in [9.17, 15) is 4.79 Å². The summed E-state index contributed by atoms with van der Waals surface area (Å²) >= 11 is 5.89. The van der Waals surface area contributed by atoms with Gasteiger partial charge in [-0.25, -0.2) is 0 Å². The van der Waals surface area contributed by atoms with E-state index in [0.29, 0.717) is 10.7 Å². The Labute approximate surface area is 124 Å². The Morgan fingerprint density at radius 3 is 2.40 bits per heavy atom. The van der Waals surface area contributed by atoms with Gasteiger partial charge in [-0.3, -0.25) is 9.78 Å². The van der Waals surface area contributed by atoms with Crippen LogP contribution < -0.4 is 5.32 Å². The number of nitrogens with zero attached hydrogens (tertiary/aromatic N) is 1. The van der Waals surface area contributed by atoms with Gasteiger partial charge >= 0.3 is 0 Å². The Morgan fingerprint density at radius 1 is 1.20 bits per heavy atom. The highest BCUT2D eigenvalue weighted by Crippen LogP contribution is 2.23. The topological polar surface area (TPSA) is 42.0 Å². The lowest BCUT2D eigenvalue weighted by Crippen LogP contribution is -2.16. The van der Waals surface area contributed by atoms with Crippen molar-refractivity contribution in [2.45, 2.75) is 26.7 Å². The Bertz CT molecular complexity index is 603. The number of carbonyl (C=O) groups excluding carboxylic acids is 1. The number of pyridine rings is 1. The first-order chi connectivity index (χ1) is 9.65. The quantitative estimate of drug-likeness (QED) is 0.920. The van der Waals surface area contributed by atoms with E-state index in [0.717, 1.165) is 29.7 Å². The summed E-state index contributed by atoms with van der Waals surface area (Å²) in [5, 5.41) is 3.47. The lowest BCUT2D eigenvalue weighted by molar-refractivity contribution is 0.102. The second kappa shape index (κ2) is 6.53. The molecule has 0 saturated carbocycles. The first-order valence-electron chi connectivity index (χ1n) is 6.69. The summed E-state index contributed by atoms with van der Waals surface area (Å²) in [7, 11) is 0. The molecule has 0 atom stereocenters. The van der Waals surface area contributed by atoms with E-state index < -0.39 is 0 Å². The number of amides is 1. The van der Waals surface area contributed by atoms with Gasteiger partial charge in [0.15, 0.2) is 0 Å². The number of rotatable bonds is 4. The second-order valence-corrected chi connectivity index (χ2v) is 4.91. The van der Waals surface area contributed by atoms with Crippen molar-refractivity contribution in [1.82, 2.24) is 4.98 Å². The average Bonchev–Trinajstić information content (AvgIpc) is 2.47. The predicted molar refractivity (Wildman–Crippen MR) is 82.4 cm³/mol. The maximum Gasteiger partial charge on any atom is 0.274 e. The third-order valence-corrected chi connectivity index (χ3v) is 3.43. The molecule has 104 valence electrons. The van der Waals surface area contributed by atoms with Crippen LogP contribution in [0, 0.1) is 0 Å². The van der Waals surface area contributed by atoms with Crippen LogP contribution in [0.3, 0.4) is 0 Å². The molecule has 0 saturated heterocycles. The molecule has 1 amide bonds. The van der Waals surface area contributed by atoms with Gasteiger partial charge in [0.05, 0.1) is 0 Å². The lowest BCUT2D eigenvalue weighted by atomic mass is 10.0. The Hall–Kier alpha value is -1.87. The molecule has 1 heterocycles. The molecule has 0 fully saturated rings. The fraction of sp³-hybridized carbons (Fsp3) is 0.250. The zero-order chi connectivity index (χ0) is 14.5. The molecule has 2 aromatic rings. The van der Waals surface area contributed by atoms with E-state index in [1.807, 2.05) is 18.2 Å². The largest absolute Gasteiger partial charge is 0.320 e. The number of hydrogen-bond donors (Lipinski definition) is 1. The Balaban J connectivity index is 2.32. The van der Waals surface area contributed by atoms with Crippen LogP contribution in [0.1, 0.15) is 35.5 Å². The molecule has 2 rings (SSSR count). The molecular weight excluding hydrogens is 272 g/mol. The van der Waals surface area contributed by atoms with Gasteiger partial charge in [0.1, 0.15) is 5.69 Å². The molecule has 0 aliphatic heterocycles. The minimum atomic E-state index is -0.233. The molecular formula is C16H17ClN2O. The van der Waals surface area contributed by atoms with Gasteiger partial charge in [-0.2, -0.15) is 0 Å². The number of anilines is 1. The van der Waals surface area contributed by atoms with Crippen LogP contribution >= 0.6 is 11.6 Å². The molecule has 20 heavy (non-hydrogen) atoms. The zero-order valence-electron chi connectivity index (χ0n) is 11.6. The number of aromatic nitrogens is 1. The van der Waals surface area contributed by atoms with Gasteiger partial charge in [-0.15, -0.1) is 0 Å². The molecule has 0 bridgehead atoms. The van der Waals surface area contributed by atoms with Gasteiger partial charge in [-0.1, -0.05) is 43.6 Å². The van der Waals surface area contributed by atoms with E-state index in [4.69, 9.17) is 11.6 Å². The fourth-order valence-corrected chi connectivity index (χ4v) is 2.27. The van der Waals surface area contributed by atoms with E-state index in [1.165, 1.54) is 6.20 Å². The van der Waals surface area contributed by atoms with Crippen molar-refractivity contribution in [3.63, 3.8) is 0 Å². The van der Waals surface area contributed by atoms with Crippen molar-refractivity contribution in [3.8, 4) is 0 Å². The summed E-state index contributed by atoms with van der Waals surface area (Å²) in [6.45, 7) is 4.14.